The largest absolute Gasteiger partial charge is 0.455 e. The number of aryl methyl sites for hydroxylation is 1. The molecule has 0 aromatic carbocycles. The van der Waals surface area contributed by atoms with Crippen LogP contribution in [0.15, 0.2) is 6.07 Å². The van der Waals surface area contributed by atoms with Crippen molar-refractivity contribution in [2.75, 3.05) is 0 Å². The fourth-order valence-electron chi connectivity index (χ4n) is 1.84. The molecular weight excluding hydrogens is 305 g/mol. The standard InChI is InChI=1S/C11H14INO2/c1-6-4-9-11(14)15-10(7(2)12)5-13(9)8(6)3/h4,7,10H,5H2,1-3H3. The smallest absolute Gasteiger partial charge is 0.355 e. The van der Waals surface area contributed by atoms with E-state index in [1.807, 2.05) is 19.9 Å². The Morgan fingerprint density at radius 3 is 2.87 bits per heavy atom. The van der Waals surface area contributed by atoms with Gasteiger partial charge in [0.1, 0.15) is 11.8 Å². The molecule has 1 aliphatic heterocycles. The number of hydrogen-bond donors (Lipinski definition) is 0. The minimum atomic E-state index is -0.189. The first kappa shape index (κ1) is 11.0. The second kappa shape index (κ2) is 3.81. The molecule has 3 nitrogen and oxygen atoms in total. The molecule has 0 saturated heterocycles. The van der Waals surface area contributed by atoms with Crippen molar-refractivity contribution in [1.29, 1.82) is 0 Å². The summed E-state index contributed by atoms with van der Waals surface area (Å²) in [5, 5.41) is 0. The summed E-state index contributed by atoms with van der Waals surface area (Å²) in [4.78, 5) is 11.7. The van der Waals surface area contributed by atoms with E-state index in [4.69, 9.17) is 4.74 Å². The fraction of sp³-hybridized carbons (Fsp3) is 0.545. The molecule has 2 atom stereocenters. The molecule has 1 aromatic heterocycles. The van der Waals surface area contributed by atoms with Crippen molar-refractivity contribution in [3.63, 3.8) is 0 Å². The van der Waals surface area contributed by atoms with Crippen LogP contribution in [0.5, 0.6) is 0 Å². The van der Waals surface area contributed by atoms with Crippen LogP contribution in [0.25, 0.3) is 0 Å². The lowest BCUT2D eigenvalue weighted by Gasteiger charge is -2.27. The van der Waals surface area contributed by atoms with Crippen LogP contribution in [0.3, 0.4) is 0 Å². The van der Waals surface area contributed by atoms with E-state index in [0.717, 1.165) is 12.1 Å². The molecule has 0 saturated carbocycles. The van der Waals surface area contributed by atoms with Gasteiger partial charge in [-0.3, -0.25) is 0 Å². The lowest BCUT2D eigenvalue weighted by atomic mass is 10.2. The molecule has 15 heavy (non-hydrogen) atoms. The van der Waals surface area contributed by atoms with E-state index < -0.39 is 0 Å². The van der Waals surface area contributed by atoms with Crippen LogP contribution >= 0.6 is 22.6 Å². The van der Waals surface area contributed by atoms with Gasteiger partial charge in [-0.2, -0.15) is 0 Å². The summed E-state index contributed by atoms with van der Waals surface area (Å²) < 4.78 is 7.78. The van der Waals surface area contributed by atoms with Crippen molar-refractivity contribution >= 4 is 28.6 Å². The Morgan fingerprint density at radius 2 is 2.27 bits per heavy atom. The zero-order valence-electron chi connectivity index (χ0n) is 9.08. The number of cyclic esters (lactones) is 1. The third-order valence-corrected chi connectivity index (χ3v) is 3.76. The summed E-state index contributed by atoms with van der Waals surface area (Å²) in [6, 6.07) is 1.91. The fourth-order valence-corrected chi connectivity index (χ4v) is 2.21. The van der Waals surface area contributed by atoms with Crippen LogP contribution in [0.4, 0.5) is 0 Å². The van der Waals surface area contributed by atoms with Gasteiger partial charge in [-0.25, -0.2) is 4.79 Å². The molecule has 1 aliphatic rings. The number of halogens is 1. The van der Waals surface area contributed by atoms with Crippen LogP contribution in [0.2, 0.25) is 0 Å². The molecule has 2 heterocycles. The lowest BCUT2D eigenvalue weighted by Crippen LogP contribution is -2.36. The lowest BCUT2D eigenvalue weighted by molar-refractivity contribution is 0.0177. The van der Waals surface area contributed by atoms with Crippen LogP contribution in [0.1, 0.15) is 28.7 Å². The van der Waals surface area contributed by atoms with E-state index in [-0.39, 0.29) is 12.1 Å². The number of alkyl halides is 1. The number of ether oxygens (including phenoxy) is 1. The normalized spacial score (nSPS) is 22.1. The highest BCUT2D eigenvalue weighted by atomic mass is 127. The summed E-state index contributed by atoms with van der Waals surface area (Å²) in [6.07, 6.45) is -0.00361. The average molecular weight is 319 g/mol. The molecule has 0 N–H and O–H groups in total. The minimum Gasteiger partial charge on any atom is -0.455 e. The van der Waals surface area contributed by atoms with Gasteiger partial charge >= 0.3 is 5.97 Å². The maximum Gasteiger partial charge on any atom is 0.355 e. The molecular formula is C11H14INO2. The highest BCUT2D eigenvalue weighted by molar-refractivity contribution is 14.1. The van der Waals surface area contributed by atoms with Crippen molar-refractivity contribution in [1.82, 2.24) is 4.57 Å². The molecule has 2 rings (SSSR count). The number of esters is 1. The number of aromatic nitrogens is 1. The summed E-state index contributed by atoms with van der Waals surface area (Å²) >= 11 is 2.30. The first-order valence-electron chi connectivity index (χ1n) is 5.02. The molecule has 0 spiro atoms. The first-order valence-corrected chi connectivity index (χ1v) is 6.27. The van der Waals surface area contributed by atoms with Crippen LogP contribution in [0, 0.1) is 13.8 Å². The summed E-state index contributed by atoms with van der Waals surface area (Å²) in [5.74, 6) is -0.189. The van der Waals surface area contributed by atoms with Gasteiger partial charge in [-0.05, 0) is 32.4 Å². The number of fused-ring (bicyclic) bond motifs is 1. The van der Waals surface area contributed by atoms with Crippen molar-refractivity contribution in [3.05, 3.63) is 23.0 Å². The molecule has 0 amide bonds. The van der Waals surface area contributed by atoms with E-state index in [1.54, 1.807) is 0 Å². The second-order valence-electron chi connectivity index (χ2n) is 4.03. The Hall–Kier alpha value is -0.520. The third kappa shape index (κ3) is 1.79. The van der Waals surface area contributed by atoms with Crippen LogP contribution in [-0.2, 0) is 11.3 Å². The number of carbonyl (C=O) groups excluding carboxylic acids is 1. The zero-order chi connectivity index (χ0) is 11.2. The summed E-state index contributed by atoms with van der Waals surface area (Å²) in [7, 11) is 0. The maximum absolute atomic E-state index is 11.7. The van der Waals surface area contributed by atoms with E-state index in [0.29, 0.717) is 9.62 Å². The SMILES string of the molecule is Cc1cc2n(c1C)CC(C(C)I)OC2=O. The molecule has 2 unspecified atom stereocenters. The monoisotopic (exact) mass is 319 g/mol. The van der Waals surface area contributed by atoms with Gasteiger partial charge in [0.15, 0.2) is 0 Å². The summed E-state index contributed by atoms with van der Waals surface area (Å²) in [6.45, 7) is 6.92. The van der Waals surface area contributed by atoms with Crippen molar-refractivity contribution < 1.29 is 9.53 Å². The van der Waals surface area contributed by atoms with Gasteiger partial charge in [0.25, 0.3) is 0 Å². The van der Waals surface area contributed by atoms with Crippen LogP contribution < -0.4 is 0 Å². The highest BCUT2D eigenvalue weighted by Crippen LogP contribution is 2.24. The predicted molar refractivity (Wildman–Crippen MR) is 66.6 cm³/mol. The molecule has 82 valence electrons. The molecule has 4 heteroatoms. The van der Waals surface area contributed by atoms with Gasteiger partial charge in [0, 0.05) is 9.62 Å². The Labute approximate surface area is 103 Å². The number of carbonyl (C=O) groups is 1. The molecule has 0 bridgehead atoms. The summed E-state index contributed by atoms with van der Waals surface area (Å²) in [5.41, 5.74) is 3.02. The van der Waals surface area contributed by atoms with Gasteiger partial charge < -0.3 is 9.30 Å². The highest BCUT2D eigenvalue weighted by Gasteiger charge is 2.30. The topological polar surface area (TPSA) is 31.2 Å². The van der Waals surface area contributed by atoms with Gasteiger partial charge in [-0.15, -0.1) is 0 Å². The van der Waals surface area contributed by atoms with Gasteiger partial charge in [0.2, 0.25) is 0 Å². The second-order valence-corrected chi connectivity index (χ2v) is 5.99. The first-order chi connectivity index (χ1) is 7.00. The zero-order valence-corrected chi connectivity index (χ0v) is 11.2. The molecule has 0 radical (unpaired) electrons. The van der Waals surface area contributed by atoms with Crippen molar-refractivity contribution in [2.24, 2.45) is 0 Å². The van der Waals surface area contributed by atoms with Crippen molar-refractivity contribution in [2.45, 2.75) is 37.3 Å². The average Bonchev–Trinajstić information content (AvgIpc) is 2.45. The number of hydrogen-bond acceptors (Lipinski definition) is 2. The Kier molecular flexibility index (Phi) is 2.79. The number of rotatable bonds is 1. The molecule has 1 aromatic rings. The van der Waals surface area contributed by atoms with Gasteiger partial charge in [0.05, 0.1) is 6.54 Å². The Bertz CT molecular complexity index is 409. The van der Waals surface area contributed by atoms with Crippen LogP contribution in [-0.4, -0.2) is 20.6 Å². The predicted octanol–water partition coefficient (Wildman–Crippen LogP) is 2.47. The molecule has 0 aliphatic carbocycles. The number of nitrogens with zero attached hydrogens (tertiary/aromatic N) is 1. The van der Waals surface area contributed by atoms with Crippen molar-refractivity contribution in [3.8, 4) is 0 Å². The van der Waals surface area contributed by atoms with E-state index in [9.17, 15) is 4.79 Å². The Morgan fingerprint density at radius 1 is 1.60 bits per heavy atom. The quantitative estimate of drug-likeness (QED) is 0.452. The van der Waals surface area contributed by atoms with E-state index in [2.05, 4.69) is 34.1 Å². The Balaban J connectivity index is 2.42. The van der Waals surface area contributed by atoms with E-state index >= 15 is 0 Å². The third-order valence-electron chi connectivity index (χ3n) is 2.96. The maximum atomic E-state index is 11.7. The van der Waals surface area contributed by atoms with Gasteiger partial charge in [-0.1, -0.05) is 22.6 Å². The minimum absolute atomic E-state index is 0.00361. The molecule has 0 fully saturated rings. The van der Waals surface area contributed by atoms with E-state index in [1.165, 1.54) is 5.69 Å².